The van der Waals surface area contributed by atoms with Gasteiger partial charge in [0.05, 0.1) is 0 Å². The quantitative estimate of drug-likeness (QED) is 0.889. The Bertz CT molecular complexity index is 370. The van der Waals surface area contributed by atoms with Crippen LogP contribution in [0.25, 0.3) is 0 Å². The SMILES string of the molecule is CCC(C)(C(O)c1ccc(C)s1)N1CCCC1. The van der Waals surface area contributed by atoms with E-state index in [0.717, 1.165) is 24.4 Å². The minimum atomic E-state index is -0.357. The van der Waals surface area contributed by atoms with Gasteiger partial charge in [-0.2, -0.15) is 0 Å². The zero-order chi connectivity index (χ0) is 12.5. The number of nitrogens with zero attached hydrogens (tertiary/aromatic N) is 1. The van der Waals surface area contributed by atoms with Gasteiger partial charge in [-0.05, 0) is 58.3 Å². The minimum absolute atomic E-state index is 0.103. The van der Waals surface area contributed by atoms with Crippen molar-refractivity contribution in [2.24, 2.45) is 0 Å². The Labute approximate surface area is 108 Å². The molecule has 0 aromatic carbocycles. The fraction of sp³-hybridized carbons (Fsp3) is 0.714. The Kier molecular flexibility index (Phi) is 3.91. The van der Waals surface area contributed by atoms with Crippen molar-refractivity contribution in [2.75, 3.05) is 13.1 Å². The van der Waals surface area contributed by atoms with Crippen LogP contribution in [-0.4, -0.2) is 28.6 Å². The molecule has 1 fully saturated rings. The van der Waals surface area contributed by atoms with Gasteiger partial charge in [-0.1, -0.05) is 6.92 Å². The van der Waals surface area contributed by atoms with Gasteiger partial charge in [0, 0.05) is 15.3 Å². The van der Waals surface area contributed by atoms with Gasteiger partial charge < -0.3 is 5.11 Å². The monoisotopic (exact) mass is 253 g/mol. The van der Waals surface area contributed by atoms with Crippen LogP contribution in [0.4, 0.5) is 0 Å². The van der Waals surface area contributed by atoms with E-state index in [0.29, 0.717) is 0 Å². The summed E-state index contributed by atoms with van der Waals surface area (Å²) in [6.07, 6.45) is 3.17. The lowest BCUT2D eigenvalue weighted by atomic mass is 9.88. The largest absolute Gasteiger partial charge is 0.386 e. The van der Waals surface area contributed by atoms with Crippen molar-refractivity contribution >= 4 is 11.3 Å². The molecule has 1 saturated heterocycles. The Morgan fingerprint density at radius 2 is 2.06 bits per heavy atom. The van der Waals surface area contributed by atoms with Crippen LogP contribution < -0.4 is 0 Å². The highest BCUT2D eigenvalue weighted by Gasteiger charge is 2.39. The summed E-state index contributed by atoms with van der Waals surface area (Å²) in [5.74, 6) is 0. The topological polar surface area (TPSA) is 23.5 Å². The van der Waals surface area contributed by atoms with Crippen LogP contribution in [0.5, 0.6) is 0 Å². The first-order valence-electron chi connectivity index (χ1n) is 6.57. The first-order valence-corrected chi connectivity index (χ1v) is 7.39. The predicted octanol–water partition coefficient (Wildman–Crippen LogP) is 3.35. The van der Waals surface area contributed by atoms with E-state index in [1.807, 2.05) is 0 Å². The third kappa shape index (κ3) is 2.42. The minimum Gasteiger partial charge on any atom is -0.386 e. The normalized spacial score (nSPS) is 22.6. The molecule has 0 amide bonds. The number of rotatable bonds is 4. The fourth-order valence-corrected chi connectivity index (χ4v) is 3.73. The smallest absolute Gasteiger partial charge is 0.106 e. The molecule has 0 aliphatic carbocycles. The summed E-state index contributed by atoms with van der Waals surface area (Å²) in [5.41, 5.74) is -0.103. The van der Waals surface area contributed by atoms with Gasteiger partial charge in [-0.15, -0.1) is 11.3 Å². The zero-order valence-corrected chi connectivity index (χ0v) is 11.9. The molecule has 17 heavy (non-hydrogen) atoms. The molecule has 2 unspecified atom stereocenters. The molecule has 1 aliphatic rings. The van der Waals surface area contributed by atoms with Crippen molar-refractivity contribution in [3.8, 4) is 0 Å². The molecule has 0 bridgehead atoms. The summed E-state index contributed by atoms with van der Waals surface area (Å²) in [7, 11) is 0. The molecule has 1 aromatic rings. The zero-order valence-electron chi connectivity index (χ0n) is 11.1. The van der Waals surface area contributed by atoms with Crippen molar-refractivity contribution in [1.82, 2.24) is 4.90 Å². The van der Waals surface area contributed by atoms with E-state index in [1.54, 1.807) is 11.3 Å². The molecule has 3 heteroatoms. The highest BCUT2D eigenvalue weighted by atomic mass is 32.1. The average molecular weight is 253 g/mol. The van der Waals surface area contributed by atoms with E-state index < -0.39 is 0 Å². The molecule has 1 aromatic heterocycles. The summed E-state index contributed by atoms with van der Waals surface area (Å²) >= 11 is 1.72. The van der Waals surface area contributed by atoms with Gasteiger partial charge in [-0.3, -0.25) is 4.90 Å². The highest BCUT2D eigenvalue weighted by molar-refractivity contribution is 7.12. The molecule has 2 nitrogen and oxygen atoms in total. The molecule has 1 aliphatic heterocycles. The summed E-state index contributed by atoms with van der Waals surface area (Å²) in [4.78, 5) is 4.85. The van der Waals surface area contributed by atoms with E-state index in [9.17, 15) is 5.11 Å². The maximum absolute atomic E-state index is 10.7. The number of aryl methyl sites for hydroxylation is 1. The van der Waals surface area contributed by atoms with E-state index in [4.69, 9.17) is 0 Å². The van der Waals surface area contributed by atoms with Crippen LogP contribution >= 0.6 is 11.3 Å². The molecular formula is C14H23NOS. The molecule has 2 heterocycles. The number of hydrogen-bond acceptors (Lipinski definition) is 3. The third-order valence-corrected chi connectivity index (χ3v) is 5.22. The van der Waals surface area contributed by atoms with Gasteiger partial charge in [0.25, 0.3) is 0 Å². The molecule has 96 valence electrons. The Morgan fingerprint density at radius 1 is 1.41 bits per heavy atom. The van der Waals surface area contributed by atoms with Crippen LogP contribution in [-0.2, 0) is 0 Å². The second-order valence-electron chi connectivity index (χ2n) is 5.26. The maximum Gasteiger partial charge on any atom is 0.106 e. The maximum atomic E-state index is 10.7. The lowest BCUT2D eigenvalue weighted by Crippen LogP contribution is -2.48. The number of likely N-dealkylation sites (tertiary alicyclic amines) is 1. The molecule has 2 rings (SSSR count). The number of thiophene rings is 1. The second kappa shape index (κ2) is 5.09. The van der Waals surface area contributed by atoms with Crippen molar-refractivity contribution in [3.63, 3.8) is 0 Å². The van der Waals surface area contributed by atoms with Gasteiger partial charge in [0.15, 0.2) is 0 Å². The van der Waals surface area contributed by atoms with Gasteiger partial charge in [0.1, 0.15) is 6.10 Å². The standard InChI is InChI=1S/C14H23NOS/c1-4-14(3,15-9-5-6-10-15)13(16)12-8-7-11(2)17-12/h7-8,13,16H,4-6,9-10H2,1-3H3. The van der Waals surface area contributed by atoms with E-state index in [2.05, 4.69) is 37.8 Å². The van der Waals surface area contributed by atoms with Crippen LogP contribution in [0.15, 0.2) is 12.1 Å². The fourth-order valence-electron chi connectivity index (χ4n) is 2.72. The van der Waals surface area contributed by atoms with Crippen molar-refractivity contribution in [2.45, 2.75) is 51.7 Å². The Morgan fingerprint density at radius 3 is 2.53 bits per heavy atom. The molecule has 2 atom stereocenters. The third-order valence-electron chi connectivity index (χ3n) is 4.16. The Hall–Kier alpha value is -0.380. The second-order valence-corrected chi connectivity index (χ2v) is 6.58. The summed E-state index contributed by atoms with van der Waals surface area (Å²) in [6.45, 7) is 8.75. The van der Waals surface area contributed by atoms with Gasteiger partial charge in [-0.25, -0.2) is 0 Å². The molecule has 0 radical (unpaired) electrons. The first-order chi connectivity index (χ1) is 8.08. The lowest BCUT2D eigenvalue weighted by molar-refractivity contribution is -0.0119. The van der Waals surface area contributed by atoms with Crippen molar-refractivity contribution < 1.29 is 5.11 Å². The van der Waals surface area contributed by atoms with Gasteiger partial charge >= 0.3 is 0 Å². The van der Waals surface area contributed by atoms with Crippen LogP contribution in [0, 0.1) is 6.92 Å². The summed E-state index contributed by atoms with van der Waals surface area (Å²) in [6, 6.07) is 4.18. The number of aliphatic hydroxyl groups excluding tert-OH is 1. The first kappa shape index (κ1) is 13.1. The summed E-state index contributed by atoms with van der Waals surface area (Å²) < 4.78 is 0. The van der Waals surface area contributed by atoms with E-state index in [-0.39, 0.29) is 11.6 Å². The van der Waals surface area contributed by atoms with Gasteiger partial charge in [0.2, 0.25) is 0 Å². The van der Waals surface area contributed by atoms with E-state index in [1.165, 1.54) is 17.7 Å². The van der Waals surface area contributed by atoms with Crippen molar-refractivity contribution in [1.29, 1.82) is 0 Å². The number of aliphatic hydroxyl groups is 1. The predicted molar refractivity (Wildman–Crippen MR) is 73.5 cm³/mol. The van der Waals surface area contributed by atoms with Crippen molar-refractivity contribution in [3.05, 3.63) is 21.9 Å². The summed E-state index contributed by atoms with van der Waals surface area (Å²) in [5, 5.41) is 10.7. The molecule has 0 spiro atoms. The van der Waals surface area contributed by atoms with Crippen LogP contribution in [0.1, 0.15) is 49.0 Å². The molecule has 1 N–H and O–H groups in total. The van der Waals surface area contributed by atoms with Crippen LogP contribution in [0.3, 0.4) is 0 Å². The highest BCUT2D eigenvalue weighted by Crippen LogP contribution is 2.38. The number of hydrogen-bond donors (Lipinski definition) is 1. The molecule has 0 saturated carbocycles. The van der Waals surface area contributed by atoms with E-state index >= 15 is 0 Å². The average Bonchev–Trinajstić information content (AvgIpc) is 2.97. The van der Waals surface area contributed by atoms with Crippen LogP contribution in [0.2, 0.25) is 0 Å². The molecular weight excluding hydrogens is 230 g/mol. The lowest BCUT2D eigenvalue weighted by Gasteiger charge is -2.41. The Balaban J connectivity index is 2.21.